The molecule has 0 fully saturated rings. The Morgan fingerprint density at radius 3 is 2.78 bits per heavy atom. The smallest absolute Gasteiger partial charge is 0.196 e. The van der Waals surface area contributed by atoms with Crippen LogP contribution in [0.2, 0.25) is 5.02 Å². The van der Waals surface area contributed by atoms with Crippen molar-refractivity contribution in [3.63, 3.8) is 0 Å². The summed E-state index contributed by atoms with van der Waals surface area (Å²) in [5.41, 5.74) is 6.91. The number of thioether (sulfide) groups is 1. The summed E-state index contributed by atoms with van der Waals surface area (Å²) >= 11 is 7.64. The molecule has 3 aromatic rings. The lowest BCUT2D eigenvalue weighted by Crippen LogP contribution is -2.13. The number of nitrogens with zero attached hydrogens (tertiary/aromatic N) is 6. The minimum Gasteiger partial charge on any atom is -0.322 e. The van der Waals surface area contributed by atoms with Crippen molar-refractivity contribution in [3.05, 3.63) is 47.3 Å². The molecular formula is C14H16ClN7S. The average molecular weight is 350 g/mol. The highest BCUT2D eigenvalue weighted by atomic mass is 35.5. The predicted octanol–water partition coefficient (Wildman–Crippen LogP) is 2.36. The van der Waals surface area contributed by atoms with E-state index in [0.29, 0.717) is 16.6 Å². The van der Waals surface area contributed by atoms with E-state index in [9.17, 15) is 0 Å². The van der Waals surface area contributed by atoms with Crippen LogP contribution < -0.4 is 5.73 Å². The van der Waals surface area contributed by atoms with E-state index in [-0.39, 0.29) is 6.04 Å². The lowest BCUT2D eigenvalue weighted by atomic mass is 10.3. The third-order valence-electron chi connectivity index (χ3n) is 3.27. The molecule has 2 N–H and O–H groups in total. The number of halogens is 1. The largest absolute Gasteiger partial charge is 0.322 e. The average Bonchev–Trinajstić information content (AvgIpc) is 3.11. The lowest BCUT2D eigenvalue weighted by molar-refractivity contribution is 0.704. The zero-order valence-corrected chi connectivity index (χ0v) is 14.3. The maximum absolute atomic E-state index is 6.11. The summed E-state index contributed by atoms with van der Waals surface area (Å²) in [6.45, 7) is 1.88. The molecule has 1 aromatic carbocycles. The third-order valence-corrected chi connectivity index (χ3v) is 4.43. The number of rotatable bonds is 5. The van der Waals surface area contributed by atoms with Crippen molar-refractivity contribution in [2.45, 2.75) is 23.9 Å². The number of hydrogen-bond donors (Lipinski definition) is 1. The molecule has 2 aromatic heterocycles. The second-order valence-corrected chi connectivity index (χ2v) is 6.47. The van der Waals surface area contributed by atoms with Crippen molar-refractivity contribution in [2.75, 3.05) is 0 Å². The molecule has 9 heteroatoms. The van der Waals surface area contributed by atoms with E-state index >= 15 is 0 Å². The van der Waals surface area contributed by atoms with Gasteiger partial charge >= 0.3 is 0 Å². The first-order valence-corrected chi connectivity index (χ1v) is 8.35. The molecule has 0 aliphatic carbocycles. The third kappa shape index (κ3) is 3.39. The van der Waals surface area contributed by atoms with E-state index in [2.05, 4.69) is 20.4 Å². The number of benzene rings is 1. The van der Waals surface area contributed by atoms with Crippen LogP contribution in [0.3, 0.4) is 0 Å². The molecule has 0 aliphatic rings. The summed E-state index contributed by atoms with van der Waals surface area (Å²) in [6.07, 6.45) is 1.67. The fraction of sp³-hybridized carbons (Fsp3) is 0.286. The molecule has 0 aliphatic heterocycles. The zero-order chi connectivity index (χ0) is 16.4. The first-order valence-electron chi connectivity index (χ1n) is 6.98. The molecule has 0 spiro atoms. The van der Waals surface area contributed by atoms with Crippen LogP contribution >= 0.6 is 23.4 Å². The van der Waals surface area contributed by atoms with Gasteiger partial charge in [0.25, 0.3) is 0 Å². The first-order chi connectivity index (χ1) is 11.1. The summed E-state index contributed by atoms with van der Waals surface area (Å²) in [5.74, 6) is 2.18. The second-order valence-electron chi connectivity index (χ2n) is 5.09. The van der Waals surface area contributed by atoms with Gasteiger partial charge in [-0.05, 0) is 25.1 Å². The summed E-state index contributed by atoms with van der Waals surface area (Å²) in [5, 5.41) is 17.8. The monoisotopic (exact) mass is 349 g/mol. The fourth-order valence-corrected chi connectivity index (χ4v) is 3.23. The molecule has 0 bridgehead atoms. The van der Waals surface area contributed by atoms with Gasteiger partial charge in [0.05, 0.1) is 17.5 Å². The Balaban J connectivity index is 1.96. The van der Waals surface area contributed by atoms with Crippen molar-refractivity contribution in [1.29, 1.82) is 0 Å². The molecular weight excluding hydrogens is 334 g/mol. The van der Waals surface area contributed by atoms with Crippen LogP contribution in [0.1, 0.15) is 24.6 Å². The zero-order valence-electron chi connectivity index (χ0n) is 12.7. The van der Waals surface area contributed by atoms with E-state index in [1.54, 1.807) is 6.33 Å². The first kappa shape index (κ1) is 16.0. The van der Waals surface area contributed by atoms with E-state index in [4.69, 9.17) is 17.3 Å². The Morgan fingerprint density at radius 1 is 1.30 bits per heavy atom. The minimum absolute atomic E-state index is 0.245. The van der Waals surface area contributed by atoms with Gasteiger partial charge in [-0.15, -0.1) is 20.4 Å². The second kappa shape index (κ2) is 6.69. The van der Waals surface area contributed by atoms with E-state index in [1.807, 2.05) is 47.4 Å². The van der Waals surface area contributed by atoms with Crippen molar-refractivity contribution >= 4 is 23.4 Å². The van der Waals surface area contributed by atoms with E-state index in [0.717, 1.165) is 16.7 Å². The molecule has 120 valence electrons. The molecule has 7 nitrogen and oxygen atoms in total. The van der Waals surface area contributed by atoms with Gasteiger partial charge in [0.1, 0.15) is 12.2 Å². The summed E-state index contributed by atoms with van der Waals surface area (Å²) in [6, 6.07) is 7.29. The summed E-state index contributed by atoms with van der Waals surface area (Å²) in [4.78, 5) is 0. The topological polar surface area (TPSA) is 87.4 Å². The molecule has 0 saturated carbocycles. The molecule has 0 saturated heterocycles. The number of aromatic nitrogens is 6. The molecule has 0 amide bonds. The van der Waals surface area contributed by atoms with Crippen LogP contribution in [0.4, 0.5) is 0 Å². The van der Waals surface area contributed by atoms with Crippen LogP contribution in [0.15, 0.2) is 35.7 Å². The SMILES string of the molecule is CC(N)c1nnc(SCc2nncn2C)n1-c1cccc(Cl)c1. The van der Waals surface area contributed by atoms with Crippen molar-refractivity contribution in [2.24, 2.45) is 12.8 Å². The molecule has 2 heterocycles. The highest BCUT2D eigenvalue weighted by Crippen LogP contribution is 2.27. The van der Waals surface area contributed by atoms with Gasteiger partial charge in [0, 0.05) is 12.1 Å². The van der Waals surface area contributed by atoms with Gasteiger partial charge in [-0.25, -0.2) is 0 Å². The van der Waals surface area contributed by atoms with Gasteiger partial charge in [-0.3, -0.25) is 4.57 Å². The van der Waals surface area contributed by atoms with E-state index < -0.39 is 0 Å². The molecule has 1 unspecified atom stereocenters. The summed E-state index contributed by atoms with van der Waals surface area (Å²) < 4.78 is 3.80. The van der Waals surface area contributed by atoms with Crippen molar-refractivity contribution in [3.8, 4) is 5.69 Å². The number of nitrogens with two attached hydrogens (primary N) is 1. The van der Waals surface area contributed by atoms with Gasteiger partial charge in [0.15, 0.2) is 11.0 Å². The minimum atomic E-state index is -0.245. The molecule has 23 heavy (non-hydrogen) atoms. The predicted molar refractivity (Wildman–Crippen MR) is 89.5 cm³/mol. The Labute approximate surface area is 142 Å². The number of hydrogen-bond acceptors (Lipinski definition) is 6. The molecule has 0 radical (unpaired) electrons. The van der Waals surface area contributed by atoms with Crippen LogP contribution in [0.5, 0.6) is 0 Å². The Morgan fingerprint density at radius 2 is 2.13 bits per heavy atom. The Bertz CT molecular complexity index is 811. The quantitative estimate of drug-likeness (QED) is 0.711. The Hall–Kier alpha value is -1.90. The van der Waals surface area contributed by atoms with Gasteiger partial charge in [-0.1, -0.05) is 29.4 Å². The Kier molecular flexibility index (Phi) is 4.65. The number of aryl methyl sites for hydroxylation is 1. The molecule has 1 atom stereocenters. The highest BCUT2D eigenvalue weighted by molar-refractivity contribution is 7.98. The van der Waals surface area contributed by atoms with Crippen molar-refractivity contribution in [1.82, 2.24) is 29.5 Å². The van der Waals surface area contributed by atoms with Crippen LogP contribution in [0.25, 0.3) is 5.69 Å². The van der Waals surface area contributed by atoms with Gasteiger partial charge < -0.3 is 10.3 Å². The normalized spacial score (nSPS) is 12.5. The highest BCUT2D eigenvalue weighted by Gasteiger charge is 2.18. The van der Waals surface area contributed by atoms with Crippen LogP contribution in [-0.2, 0) is 12.8 Å². The van der Waals surface area contributed by atoms with Crippen molar-refractivity contribution < 1.29 is 0 Å². The van der Waals surface area contributed by atoms with Crippen LogP contribution in [0, 0.1) is 0 Å². The standard InChI is InChI=1S/C14H16ClN7S/c1-9(16)13-19-20-14(23-7-12-18-17-8-21(12)2)22(13)11-5-3-4-10(15)6-11/h3-6,8-9H,7,16H2,1-2H3. The maximum atomic E-state index is 6.11. The molecule has 3 rings (SSSR count). The van der Waals surface area contributed by atoms with Gasteiger partial charge in [0.2, 0.25) is 0 Å². The summed E-state index contributed by atoms with van der Waals surface area (Å²) in [7, 11) is 1.91. The fourth-order valence-electron chi connectivity index (χ4n) is 2.09. The van der Waals surface area contributed by atoms with Gasteiger partial charge in [-0.2, -0.15) is 0 Å². The van der Waals surface area contributed by atoms with E-state index in [1.165, 1.54) is 11.8 Å². The lowest BCUT2D eigenvalue weighted by Gasteiger charge is -2.12. The maximum Gasteiger partial charge on any atom is 0.196 e. The van der Waals surface area contributed by atoms with Crippen LogP contribution in [-0.4, -0.2) is 29.5 Å².